The van der Waals surface area contributed by atoms with Crippen LogP contribution in [0.1, 0.15) is 44.9 Å². The molecule has 0 amide bonds. The molecule has 188 valence electrons. The second kappa shape index (κ2) is 10.7. The third-order valence-corrected chi connectivity index (χ3v) is 7.62. The van der Waals surface area contributed by atoms with Gasteiger partial charge in [0.1, 0.15) is 17.5 Å². The van der Waals surface area contributed by atoms with Crippen LogP contribution in [0, 0.1) is 0 Å². The largest absolute Gasteiger partial charge is 0.506 e. The number of esters is 1. The molecule has 2 heterocycles. The molecule has 1 atom stereocenters. The van der Waals surface area contributed by atoms with E-state index in [9.17, 15) is 14.7 Å². The second-order valence-electron chi connectivity index (χ2n) is 8.34. The molecular weight excluding hydrogens is 612 g/mol. The molecule has 36 heavy (non-hydrogen) atoms. The average molecular weight is 636 g/mol. The van der Waals surface area contributed by atoms with Crippen molar-refractivity contribution >= 4 is 55.2 Å². The van der Waals surface area contributed by atoms with E-state index in [1.165, 1.54) is 15.9 Å². The zero-order chi connectivity index (χ0) is 26.1. The van der Waals surface area contributed by atoms with Crippen LogP contribution in [0.5, 0.6) is 11.5 Å². The normalized spacial score (nSPS) is 15.6. The molecular formula is C26H24Br2N2O5S. The number of hydrogen-bond acceptors (Lipinski definition) is 7. The third kappa shape index (κ3) is 5.07. The molecule has 1 N–H and O–H groups in total. The number of carbonyl (C=O) groups is 1. The summed E-state index contributed by atoms with van der Waals surface area (Å²) in [7, 11) is 0. The predicted octanol–water partition coefficient (Wildman–Crippen LogP) is 4.82. The van der Waals surface area contributed by atoms with E-state index in [2.05, 4.69) is 36.9 Å². The van der Waals surface area contributed by atoms with Gasteiger partial charge in [0.25, 0.3) is 5.56 Å². The quantitative estimate of drug-likeness (QED) is 0.393. The summed E-state index contributed by atoms with van der Waals surface area (Å²) >= 11 is 7.89. The number of allylic oxidation sites excluding steroid dienone is 1. The van der Waals surface area contributed by atoms with Gasteiger partial charge < -0.3 is 14.6 Å². The van der Waals surface area contributed by atoms with Crippen LogP contribution in [0.3, 0.4) is 0 Å². The molecule has 1 aliphatic heterocycles. The van der Waals surface area contributed by atoms with Crippen LogP contribution in [0.2, 0.25) is 0 Å². The summed E-state index contributed by atoms with van der Waals surface area (Å²) in [5, 5.41) is 10.0. The maximum Gasteiger partial charge on any atom is 0.338 e. The summed E-state index contributed by atoms with van der Waals surface area (Å²) < 4.78 is 14.4. The number of nitrogens with zero attached hydrogens (tertiary/aromatic N) is 2. The van der Waals surface area contributed by atoms with Crippen molar-refractivity contribution in [3.63, 3.8) is 0 Å². The van der Waals surface area contributed by atoms with E-state index in [1.807, 2.05) is 38.1 Å². The molecule has 2 aromatic carbocycles. The molecule has 1 aliphatic rings. The number of para-hydroxylation sites is 1. The maximum absolute atomic E-state index is 13.8. The minimum absolute atomic E-state index is 0.0741. The Morgan fingerprint density at radius 3 is 2.56 bits per heavy atom. The number of phenols is 1. The molecule has 3 aromatic rings. The van der Waals surface area contributed by atoms with Gasteiger partial charge in [-0.2, -0.15) is 0 Å². The van der Waals surface area contributed by atoms with Crippen LogP contribution < -0.4 is 19.6 Å². The Morgan fingerprint density at radius 1 is 1.25 bits per heavy atom. The van der Waals surface area contributed by atoms with Gasteiger partial charge >= 0.3 is 5.97 Å². The molecule has 4 rings (SSSR count). The number of benzene rings is 2. The average Bonchev–Trinajstić information content (AvgIpc) is 3.11. The van der Waals surface area contributed by atoms with Crippen LogP contribution in [0.4, 0.5) is 0 Å². The molecule has 0 unspecified atom stereocenters. The Hall–Kier alpha value is -2.69. The number of hydrogen-bond donors (Lipinski definition) is 1. The van der Waals surface area contributed by atoms with Gasteiger partial charge in [0.05, 0.1) is 37.5 Å². The summed E-state index contributed by atoms with van der Waals surface area (Å²) in [5.74, 6) is 0.129. The number of thiazole rings is 1. The first-order valence-electron chi connectivity index (χ1n) is 11.3. The number of carbonyl (C=O) groups excluding carboxylic acids is 1. The van der Waals surface area contributed by atoms with Crippen LogP contribution >= 0.6 is 43.2 Å². The van der Waals surface area contributed by atoms with Crippen LogP contribution in [-0.4, -0.2) is 28.4 Å². The van der Waals surface area contributed by atoms with Crippen LogP contribution in [-0.2, 0) is 9.53 Å². The van der Waals surface area contributed by atoms with Gasteiger partial charge in [-0.05, 0) is 89.4 Å². The standard InChI is InChI=1S/C26H24Br2N2O5S/c1-5-34-25(33)21-14(4)29-26-30(22(21)16-8-6-7-9-19(16)35-13(2)3)24(32)20(36-26)12-15-10-17(27)23(31)18(28)11-15/h6-13,22,31H,5H2,1-4H3/b20-12+/t22-/m1/s1. The Kier molecular flexibility index (Phi) is 7.87. The maximum atomic E-state index is 13.8. The molecule has 0 saturated heterocycles. The summed E-state index contributed by atoms with van der Waals surface area (Å²) in [6, 6.07) is 10.1. The first kappa shape index (κ1) is 26.4. The topological polar surface area (TPSA) is 90.1 Å². The monoisotopic (exact) mass is 634 g/mol. The van der Waals surface area contributed by atoms with E-state index in [0.29, 0.717) is 46.4 Å². The Labute approximate surface area is 228 Å². The highest BCUT2D eigenvalue weighted by molar-refractivity contribution is 9.11. The van der Waals surface area contributed by atoms with Crippen molar-refractivity contribution in [3.8, 4) is 11.5 Å². The first-order chi connectivity index (χ1) is 17.1. The lowest BCUT2D eigenvalue weighted by Crippen LogP contribution is -2.40. The van der Waals surface area contributed by atoms with Gasteiger partial charge in [0, 0.05) is 5.56 Å². The number of aromatic hydroxyl groups is 1. The highest BCUT2D eigenvalue weighted by Gasteiger charge is 2.35. The number of ether oxygens (including phenoxy) is 2. The lowest BCUT2D eigenvalue weighted by Gasteiger charge is -2.26. The fraction of sp³-hybridized carbons (Fsp3) is 0.269. The summed E-state index contributed by atoms with van der Waals surface area (Å²) in [6.07, 6.45) is 1.62. The van der Waals surface area contributed by atoms with Crippen molar-refractivity contribution in [2.45, 2.75) is 39.8 Å². The lowest BCUT2D eigenvalue weighted by molar-refractivity contribution is -0.139. The van der Waals surface area contributed by atoms with Crippen molar-refractivity contribution in [1.82, 2.24) is 4.57 Å². The van der Waals surface area contributed by atoms with Crippen molar-refractivity contribution < 1.29 is 19.4 Å². The second-order valence-corrected chi connectivity index (χ2v) is 11.1. The predicted molar refractivity (Wildman–Crippen MR) is 146 cm³/mol. The van der Waals surface area contributed by atoms with Crippen molar-refractivity contribution in [3.05, 3.63) is 87.4 Å². The molecule has 10 heteroatoms. The molecule has 0 bridgehead atoms. The van der Waals surface area contributed by atoms with Gasteiger partial charge in [-0.1, -0.05) is 29.5 Å². The van der Waals surface area contributed by atoms with E-state index in [-0.39, 0.29) is 24.0 Å². The minimum atomic E-state index is -0.768. The highest BCUT2D eigenvalue weighted by atomic mass is 79.9. The summed E-state index contributed by atoms with van der Waals surface area (Å²) in [6.45, 7) is 7.52. The molecule has 0 radical (unpaired) electrons. The molecule has 1 aromatic heterocycles. The number of rotatable bonds is 6. The third-order valence-electron chi connectivity index (χ3n) is 5.43. The summed E-state index contributed by atoms with van der Waals surface area (Å²) in [4.78, 5) is 32.0. The SMILES string of the molecule is CCOC(=O)C1=C(C)N=c2s/c(=C/c3cc(Br)c(O)c(Br)c3)c(=O)n2[C@@H]1c1ccccc1OC(C)C. The number of phenolic OH excluding ortho intramolecular Hbond substituents is 1. The molecule has 0 saturated carbocycles. The van der Waals surface area contributed by atoms with Crippen molar-refractivity contribution in [2.75, 3.05) is 6.61 Å². The van der Waals surface area contributed by atoms with E-state index in [1.54, 1.807) is 32.1 Å². The Balaban J connectivity index is 1.99. The van der Waals surface area contributed by atoms with E-state index in [4.69, 9.17) is 9.47 Å². The van der Waals surface area contributed by atoms with Gasteiger partial charge in [0.2, 0.25) is 0 Å². The molecule has 0 aliphatic carbocycles. The fourth-order valence-corrected chi connectivity index (χ4v) is 6.24. The molecule has 7 nitrogen and oxygen atoms in total. The van der Waals surface area contributed by atoms with Gasteiger partial charge in [-0.15, -0.1) is 0 Å². The number of halogens is 2. The highest BCUT2D eigenvalue weighted by Crippen LogP contribution is 2.36. The Morgan fingerprint density at radius 2 is 1.92 bits per heavy atom. The van der Waals surface area contributed by atoms with Crippen LogP contribution in [0.15, 0.2) is 66.4 Å². The van der Waals surface area contributed by atoms with E-state index < -0.39 is 12.0 Å². The molecule has 0 fully saturated rings. The van der Waals surface area contributed by atoms with Gasteiger partial charge in [-0.25, -0.2) is 9.79 Å². The fourth-order valence-electron chi connectivity index (χ4n) is 3.97. The lowest BCUT2D eigenvalue weighted by atomic mass is 9.95. The van der Waals surface area contributed by atoms with E-state index in [0.717, 1.165) is 0 Å². The van der Waals surface area contributed by atoms with Crippen molar-refractivity contribution in [1.29, 1.82) is 0 Å². The zero-order valence-corrected chi connectivity index (χ0v) is 24.0. The Bertz CT molecular complexity index is 1530. The number of aromatic nitrogens is 1. The minimum Gasteiger partial charge on any atom is -0.506 e. The zero-order valence-electron chi connectivity index (χ0n) is 20.0. The van der Waals surface area contributed by atoms with Gasteiger partial charge in [-0.3, -0.25) is 9.36 Å². The number of fused-ring (bicyclic) bond motifs is 1. The first-order valence-corrected chi connectivity index (χ1v) is 13.7. The summed E-state index contributed by atoms with van der Waals surface area (Å²) in [5.41, 5.74) is 1.87. The smallest absolute Gasteiger partial charge is 0.338 e. The van der Waals surface area contributed by atoms with Crippen LogP contribution in [0.25, 0.3) is 6.08 Å². The van der Waals surface area contributed by atoms with Gasteiger partial charge in [0.15, 0.2) is 4.80 Å². The van der Waals surface area contributed by atoms with Crippen molar-refractivity contribution in [2.24, 2.45) is 4.99 Å². The van der Waals surface area contributed by atoms with E-state index >= 15 is 0 Å². The molecule has 0 spiro atoms.